The van der Waals surface area contributed by atoms with Gasteiger partial charge in [0, 0.05) is 31.9 Å². The molecule has 124 valence electrons. The van der Waals surface area contributed by atoms with Gasteiger partial charge in [-0.05, 0) is 44.6 Å². The summed E-state index contributed by atoms with van der Waals surface area (Å²) in [4.78, 5) is 14.0. The lowest BCUT2D eigenvalue weighted by molar-refractivity contribution is 0.222. The van der Waals surface area contributed by atoms with Gasteiger partial charge in [-0.2, -0.15) is 10.2 Å². The molecule has 3 rings (SSSR count). The monoisotopic (exact) mass is 316 g/mol. The molecule has 1 aliphatic rings. The van der Waals surface area contributed by atoms with Gasteiger partial charge < -0.3 is 4.90 Å². The number of anilines is 1. The molecule has 0 spiro atoms. The zero-order valence-corrected chi connectivity index (χ0v) is 14.0. The first kappa shape index (κ1) is 15.6. The van der Waals surface area contributed by atoms with Gasteiger partial charge in [-0.25, -0.2) is 9.48 Å². The minimum absolute atomic E-state index is 0.110. The average molecular weight is 316 g/mol. The number of aromatic amines is 1. The molecule has 2 N–H and O–H groups in total. The maximum absolute atomic E-state index is 12.3. The fourth-order valence-corrected chi connectivity index (χ4v) is 2.66. The summed E-state index contributed by atoms with van der Waals surface area (Å²) in [7, 11) is 1.81. The molecule has 0 saturated heterocycles. The molecule has 0 bridgehead atoms. The number of nitrogens with zero attached hydrogens (tertiary/aromatic N) is 4. The Labute approximate surface area is 136 Å². The SMILES string of the molecule is Cc1n[nH]c(C)c1CCN(C)C(=O)Nc1ccnn1CC1CC1. The Morgan fingerprint density at radius 3 is 2.91 bits per heavy atom. The Morgan fingerprint density at radius 1 is 1.48 bits per heavy atom. The maximum Gasteiger partial charge on any atom is 0.322 e. The molecule has 7 heteroatoms. The Morgan fingerprint density at radius 2 is 2.26 bits per heavy atom. The van der Waals surface area contributed by atoms with Crippen LogP contribution in [0.2, 0.25) is 0 Å². The predicted molar refractivity (Wildman–Crippen MR) is 88.4 cm³/mol. The Bertz CT molecular complexity index is 665. The zero-order chi connectivity index (χ0) is 16.4. The molecular weight excluding hydrogens is 292 g/mol. The molecule has 2 aromatic rings. The molecule has 7 nitrogen and oxygen atoms in total. The molecule has 0 aliphatic heterocycles. The summed E-state index contributed by atoms with van der Waals surface area (Å²) in [6.07, 6.45) is 5.04. The second kappa shape index (κ2) is 6.44. The molecule has 2 amide bonds. The van der Waals surface area contributed by atoms with Crippen molar-refractivity contribution >= 4 is 11.8 Å². The van der Waals surface area contributed by atoms with E-state index >= 15 is 0 Å². The van der Waals surface area contributed by atoms with E-state index in [0.717, 1.165) is 36.1 Å². The summed E-state index contributed by atoms with van der Waals surface area (Å²) >= 11 is 0. The standard InChI is InChI=1S/C16H24N6O/c1-11-14(12(2)20-19-11)7-9-21(3)16(23)18-15-6-8-17-22(15)10-13-4-5-13/h6,8,13H,4-5,7,9-10H2,1-3H3,(H,18,23)(H,19,20). The largest absolute Gasteiger partial charge is 0.327 e. The number of aryl methyl sites for hydroxylation is 2. The summed E-state index contributed by atoms with van der Waals surface area (Å²) in [5.41, 5.74) is 3.25. The summed E-state index contributed by atoms with van der Waals surface area (Å²) in [5, 5.41) is 14.4. The van der Waals surface area contributed by atoms with E-state index in [2.05, 4.69) is 20.6 Å². The third-order valence-corrected chi connectivity index (χ3v) is 4.40. The number of rotatable bonds is 6. The van der Waals surface area contributed by atoms with E-state index in [9.17, 15) is 4.79 Å². The smallest absolute Gasteiger partial charge is 0.322 e. The molecule has 2 heterocycles. The van der Waals surface area contributed by atoms with Crippen LogP contribution in [0.5, 0.6) is 0 Å². The third-order valence-electron chi connectivity index (χ3n) is 4.40. The highest BCUT2D eigenvalue weighted by Gasteiger charge is 2.23. The van der Waals surface area contributed by atoms with E-state index < -0.39 is 0 Å². The van der Waals surface area contributed by atoms with E-state index in [1.807, 2.05) is 31.6 Å². The lowest BCUT2D eigenvalue weighted by atomic mass is 10.1. The van der Waals surface area contributed by atoms with Crippen LogP contribution in [0.15, 0.2) is 12.3 Å². The number of carbonyl (C=O) groups is 1. The summed E-state index contributed by atoms with van der Waals surface area (Å²) in [6.45, 7) is 5.52. The van der Waals surface area contributed by atoms with Crippen LogP contribution in [-0.2, 0) is 13.0 Å². The minimum atomic E-state index is -0.110. The fourth-order valence-electron chi connectivity index (χ4n) is 2.66. The van der Waals surface area contributed by atoms with Gasteiger partial charge in [0.05, 0.1) is 11.9 Å². The van der Waals surface area contributed by atoms with E-state index in [0.29, 0.717) is 6.54 Å². The zero-order valence-electron chi connectivity index (χ0n) is 14.0. The van der Waals surface area contributed by atoms with Crippen molar-refractivity contribution in [3.05, 3.63) is 29.2 Å². The first-order valence-electron chi connectivity index (χ1n) is 8.09. The first-order valence-corrected chi connectivity index (χ1v) is 8.09. The van der Waals surface area contributed by atoms with Crippen LogP contribution in [-0.4, -0.2) is 44.5 Å². The van der Waals surface area contributed by atoms with Crippen molar-refractivity contribution in [2.24, 2.45) is 5.92 Å². The van der Waals surface area contributed by atoms with Crippen molar-refractivity contribution in [3.63, 3.8) is 0 Å². The van der Waals surface area contributed by atoms with Crippen LogP contribution < -0.4 is 5.32 Å². The number of urea groups is 1. The van der Waals surface area contributed by atoms with E-state index in [1.54, 1.807) is 11.1 Å². The molecule has 1 saturated carbocycles. The van der Waals surface area contributed by atoms with Crippen LogP contribution in [0.25, 0.3) is 0 Å². The lowest BCUT2D eigenvalue weighted by Crippen LogP contribution is -2.33. The number of amides is 2. The third kappa shape index (κ3) is 3.72. The fraction of sp³-hybridized carbons (Fsp3) is 0.562. The van der Waals surface area contributed by atoms with Crippen LogP contribution in [0, 0.1) is 19.8 Å². The number of hydrogen-bond acceptors (Lipinski definition) is 3. The lowest BCUT2D eigenvalue weighted by Gasteiger charge is -2.18. The van der Waals surface area contributed by atoms with Crippen LogP contribution in [0.4, 0.5) is 10.6 Å². The van der Waals surface area contributed by atoms with Crippen molar-refractivity contribution in [1.82, 2.24) is 24.9 Å². The number of H-pyrrole nitrogens is 1. The predicted octanol–water partition coefficient (Wildman–Crippen LogP) is 2.34. The highest BCUT2D eigenvalue weighted by molar-refractivity contribution is 5.88. The van der Waals surface area contributed by atoms with Crippen LogP contribution in [0.1, 0.15) is 29.8 Å². The molecule has 1 fully saturated rings. The average Bonchev–Trinajstić information content (AvgIpc) is 3.15. The molecule has 0 radical (unpaired) electrons. The van der Waals surface area contributed by atoms with Gasteiger partial charge in [0.2, 0.25) is 0 Å². The Hall–Kier alpha value is -2.31. The molecular formula is C16H24N6O. The quantitative estimate of drug-likeness (QED) is 0.858. The number of nitrogens with one attached hydrogen (secondary N) is 2. The second-order valence-electron chi connectivity index (χ2n) is 6.36. The maximum atomic E-state index is 12.3. The van der Waals surface area contributed by atoms with E-state index in [-0.39, 0.29) is 6.03 Å². The molecule has 1 aliphatic carbocycles. The summed E-state index contributed by atoms with van der Waals surface area (Å²) < 4.78 is 1.88. The van der Waals surface area contributed by atoms with Gasteiger partial charge in [0.1, 0.15) is 5.82 Å². The van der Waals surface area contributed by atoms with Gasteiger partial charge in [-0.1, -0.05) is 0 Å². The van der Waals surface area contributed by atoms with E-state index in [4.69, 9.17) is 0 Å². The van der Waals surface area contributed by atoms with Crippen LogP contribution >= 0.6 is 0 Å². The summed E-state index contributed by atoms with van der Waals surface area (Å²) in [6, 6.07) is 1.74. The highest BCUT2D eigenvalue weighted by atomic mass is 16.2. The van der Waals surface area contributed by atoms with Crippen molar-refractivity contribution in [1.29, 1.82) is 0 Å². The van der Waals surface area contributed by atoms with Gasteiger partial charge in [0.15, 0.2) is 0 Å². The number of likely N-dealkylation sites (N-methyl/N-ethyl adjacent to an activating group) is 1. The molecule has 23 heavy (non-hydrogen) atoms. The van der Waals surface area contributed by atoms with Crippen molar-refractivity contribution in [2.45, 2.75) is 39.7 Å². The Kier molecular flexibility index (Phi) is 4.36. The molecule has 0 unspecified atom stereocenters. The Balaban J connectivity index is 1.54. The van der Waals surface area contributed by atoms with Crippen molar-refractivity contribution in [2.75, 3.05) is 18.9 Å². The van der Waals surface area contributed by atoms with Gasteiger partial charge in [-0.3, -0.25) is 10.4 Å². The first-order chi connectivity index (χ1) is 11.0. The van der Waals surface area contributed by atoms with Crippen molar-refractivity contribution < 1.29 is 4.79 Å². The van der Waals surface area contributed by atoms with Crippen LogP contribution in [0.3, 0.4) is 0 Å². The van der Waals surface area contributed by atoms with Gasteiger partial charge >= 0.3 is 6.03 Å². The normalized spacial score (nSPS) is 14.0. The number of aromatic nitrogens is 4. The van der Waals surface area contributed by atoms with E-state index in [1.165, 1.54) is 18.4 Å². The van der Waals surface area contributed by atoms with Crippen molar-refractivity contribution in [3.8, 4) is 0 Å². The molecule has 2 aromatic heterocycles. The molecule has 0 aromatic carbocycles. The number of hydrogen-bond donors (Lipinski definition) is 2. The van der Waals surface area contributed by atoms with Gasteiger partial charge in [0.25, 0.3) is 0 Å². The molecule has 0 atom stereocenters. The topological polar surface area (TPSA) is 78.8 Å². The van der Waals surface area contributed by atoms with Gasteiger partial charge in [-0.15, -0.1) is 0 Å². The second-order valence-corrected chi connectivity index (χ2v) is 6.36. The number of carbonyl (C=O) groups excluding carboxylic acids is 1. The minimum Gasteiger partial charge on any atom is -0.327 e. The highest BCUT2D eigenvalue weighted by Crippen LogP contribution is 2.31. The summed E-state index contributed by atoms with van der Waals surface area (Å²) in [5.74, 6) is 1.49.